The van der Waals surface area contributed by atoms with Crippen molar-refractivity contribution >= 4 is 23.4 Å². The summed E-state index contributed by atoms with van der Waals surface area (Å²) in [5.74, 6) is 1.88. The number of hydrogen-bond donors (Lipinski definition) is 1. The maximum Gasteiger partial charge on any atom is 0.237 e. The number of carbonyl (C=O) groups is 1. The summed E-state index contributed by atoms with van der Waals surface area (Å²) in [6, 6.07) is 19.3. The summed E-state index contributed by atoms with van der Waals surface area (Å²) >= 11 is 1.36. The number of hydrogen-bond acceptors (Lipinski definition) is 7. The molecule has 1 N–H and O–H groups in total. The first-order chi connectivity index (χ1) is 16.7. The van der Waals surface area contributed by atoms with Crippen molar-refractivity contribution in [1.82, 2.24) is 19.7 Å². The smallest absolute Gasteiger partial charge is 0.237 e. The van der Waals surface area contributed by atoms with E-state index in [-0.39, 0.29) is 5.91 Å². The summed E-state index contributed by atoms with van der Waals surface area (Å²) in [6.07, 6.45) is 3.49. The van der Waals surface area contributed by atoms with Crippen LogP contribution < -0.4 is 14.8 Å². The fourth-order valence-electron chi connectivity index (χ4n) is 3.57. The lowest BCUT2D eigenvalue weighted by molar-refractivity contribution is -0.115. The van der Waals surface area contributed by atoms with Crippen molar-refractivity contribution in [3.63, 3.8) is 0 Å². The van der Waals surface area contributed by atoms with Crippen LogP contribution in [0.15, 0.2) is 78.2 Å². The van der Waals surface area contributed by atoms with E-state index in [0.29, 0.717) is 47.9 Å². The molecule has 0 aliphatic carbocycles. The second-order valence-corrected chi connectivity index (χ2v) is 9.04. The molecule has 0 saturated heterocycles. The Morgan fingerprint density at radius 1 is 1.06 bits per heavy atom. The number of amides is 1. The molecule has 9 heteroatoms. The summed E-state index contributed by atoms with van der Waals surface area (Å²) in [5, 5.41) is 12.0. The zero-order valence-corrected chi connectivity index (χ0v) is 19.4. The molecule has 4 aromatic rings. The first-order valence-electron chi connectivity index (χ1n) is 10.9. The Hall–Kier alpha value is -3.85. The van der Waals surface area contributed by atoms with Gasteiger partial charge in [0, 0.05) is 29.7 Å². The molecule has 2 aromatic carbocycles. The van der Waals surface area contributed by atoms with Gasteiger partial charge in [0.25, 0.3) is 0 Å². The van der Waals surface area contributed by atoms with Gasteiger partial charge in [-0.1, -0.05) is 42.1 Å². The zero-order chi connectivity index (χ0) is 23.3. The van der Waals surface area contributed by atoms with Crippen LogP contribution in [-0.4, -0.2) is 44.1 Å². The normalized spacial score (nSPS) is 13.3. The van der Waals surface area contributed by atoms with E-state index in [0.717, 1.165) is 11.1 Å². The van der Waals surface area contributed by atoms with Gasteiger partial charge in [0.15, 0.2) is 22.5 Å². The van der Waals surface area contributed by atoms with Gasteiger partial charge in [0.2, 0.25) is 5.91 Å². The number of nitrogens with one attached hydrogen (secondary N) is 1. The van der Waals surface area contributed by atoms with Gasteiger partial charge in [0.1, 0.15) is 13.2 Å². The van der Waals surface area contributed by atoms with E-state index in [1.165, 1.54) is 11.8 Å². The van der Waals surface area contributed by atoms with Crippen molar-refractivity contribution in [3.05, 3.63) is 78.6 Å². The van der Waals surface area contributed by atoms with Gasteiger partial charge >= 0.3 is 0 Å². The van der Waals surface area contributed by atoms with E-state index in [2.05, 4.69) is 32.6 Å². The lowest BCUT2D eigenvalue weighted by Gasteiger charge is -2.19. The zero-order valence-electron chi connectivity index (χ0n) is 18.5. The Bertz CT molecular complexity index is 1280. The second kappa shape index (κ2) is 9.96. The third kappa shape index (κ3) is 4.89. The minimum atomic E-state index is -0.409. The molecule has 0 radical (unpaired) electrons. The van der Waals surface area contributed by atoms with Crippen molar-refractivity contribution in [1.29, 1.82) is 0 Å². The highest BCUT2D eigenvalue weighted by atomic mass is 32.2. The number of thioether (sulfide) groups is 1. The number of rotatable bonds is 7. The summed E-state index contributed by atoms with van der Waals surface area (Å²) in [7, 11) is 0. The third-order valence-electron chi connectivity index (χ3n) is 5.28. The first-order valence-corrected chi connectivity index (χ1v) is 11.8. The lowest BCUT2D eigenvalue weighted by Crippen LogP contribution is -2.23. The Balaban J connectivity index is 1.35. The summed E-state index contributed by atoms with van der Waals surface area (Å²) in [6.45, 7) is 3.45. The van der Waals surface area contributed by atoms with E-state index in [4.69, 9.17) is 9.47 Å². The molecule has 0 saturated carbocycles. The van der Waals surface area contributed by atoms with Crippen molar-refractivity contribution in [2.24, 2.45) is 0 Å². The molecule has 1 aliphatic rings. The van der Waals surface area contributed by atoms with Crippen molar-refractivity contribution in [2.75, 3.05) is 18.5 Å². The lowest BCUT2D eigenvalue weighted by atomic mass is 10.2. The molecule has 1 amide bonds. The summed E-state index contributed by atoms with van der Waals surface area (Å²) in [4.78, 5) is 17.2. The van der Waals surface area contributed by atoms with Crippen LogP contribution in [0.1, 0.15) is 12.5 Å². The number of ether oxygens (including phenoxy) is 2. The Kier molecular flexibility index (Phi) is 6.44. The van der Waals surface area contributed by atoms with Crippen LogP contribution in [-0.2, 0) is 11.3 Å². The molecule has 0 fully saturated rings. The van der Waals surface area contributed by atoms with Crippen molar-refractivity contribution < 1.29 is 14.3 Å². The standard InChI is InChI=1S/C25H23N5O3S/c1-17(24(31)27-20-9-10-21-22(14-20)33-13-12-32-21)34-25-29-28-23(19-8-5-11-26-15-19)30(25)16-18-6-3-2-4-7-18/h2-11,14-15,17H,12-13,16H2,1H3,(H,27,31)/t17-/m0/s1. The number of benzene rings is 2. The molecule has 3 heterocycles. The van der Waals surface area contributed by atoms with Crippen LogP contribution in [0.2, 0.25) is 0 Å². The van der Waals surface area contributed by atoms with Crippen molar-refractivity contribution in [2.45, 2.75) is 23.9 Å². The average Bonchev–Trinajstić information content (AvgIpc) is 3.26. The fraction of sp³-hybridized carbons (Fsp3) is 0.200. The molecule has 0 unspecified atom stereocenters. The van der Waals surface area contributed by atoms with Gasteiger partial charge < -0.3 is 14.8 Å². The monoisotopic (exact) mass is 473 g/mol. The highest BCUT2D eigenvalue weighted by molar-refractivity contribution is 8.00. The number of carbonyl (C=O) groups excluding carboxylic acids is 1. The van der Waals surface area contributed by atoms with Gasteiger partial charge in [-0.05, 0) is 36.8 Å². The van der Waals surface area contributed by atoms with Crippen LogP contribution in [0, 0.1) is 0 Å². The molecular formula is C25H23N5O3S. The molecule has 0 bridgehead atoms. The molecule has 0 spiro atoms. The van der Waals surface area contributed by atoms with Gasteiger partial charge in [-0.2, -0.15) is 0 Å². The van der Waals surface area contributed by atoms with Gasteiger partial charge in [0.05, 0.1) is 11.8 Å². The topological polar surface area (TPSA) is 91.2 Å². The molecule has 8 nitrogen and oxygen atoms in total. The second-order valence-electron chi connectivity index (χ2n) is 7.73. The molecule has 5 rings (SSSR count). The van der Waals surface area contributed by atoms with Crippen LogP contribution in [0.5, 0.6) is 11.5 Å². The molecular weight excluding hydrogens is 450 g/mol. The Labute approximate surface area is 201 Å². The Morgan fingerprint density at radius 3 is 2.68 bits per heavy atom. The van der Waals surface area contributed by atoms with Crippen LogP contribution in [0.3, 0.4) is 0 Å². The maximum absolute atomic E-state index is 13.0. The number of pyridine rings is 1. The predicted molar refractivity (Wildman–Crippen MR) is 130 cm³/mol. The highest BCUT2D eigenvalue weighted by Gasteiger charge is 2.22. The molecule has 1 atom stereocenters. The predicted octanol–water partition coefficient (Wildman–Crippen LogP) is 4.28. The number of anilines is 1. The van der Waals surface area contributed by atoms with E-state index >= 15 is 0 Å². The summed E-state index contributed by atoms with van der Waals surface area (Å²) in [5.41, 5.74) is 2.64. The van der Waals surface area contributed by atoms with Crippen molar-refractivity contribution in [3.8, 4) is 22.9 Å². The van der Waals surface area contributed by atoms with E-state index in [9.17, 15) is 4.79 Å². The van der Waals surface area contributed by atoms with Gasteiger partial charge in [-0.25, -0.2) is 0 Å². The number of nitrogens with zero attached hydrogens (tertiary/aromatic N) is 4. The first kappa shape index (κ1) is 22.0. The van der Waals surface area contributed by atoms with E-state index in [1.54, 1.807) is 30.6 Å². The summed E-state index contributed by atoms with van der Waals surface area (Å²) < 4.78 is 13.2. The minimum absolute atomic E-state index is 0.140. The minimum Gasteiger partial charge on any atom is -0.486 e. The molecule has 34 heavy (non-hydrogen) atoms. The van der Waals surface area contributed by atoms with Crippen LogP contribution in [0.4, 0.5) is 5.69 Å². The van der Waals surface area contributed by atoms with Crippen LogP contribution >= 0.6 is 11.8 Å². The molecule has 1 aliphatic heterocycles. The quantitative estimate of drug-likeness (QED) is 0.401. The third-order valence-corrected chi connectivity index (χ3v) is 6.36. The maximum atomic E-state index is 13.0. The fourth-order valence-corrected chi connectivity index (χ4v) is 4.42. The van der Waals surface area contributed by atoms with E-state index < -0.39 is 5.25 Å². The molecule has 172 valence electrons. The average molecular weight is 474 g/mol. The van der Waals surface area contributed by atoms with Crippen LogP contribution in [0.25, 0.3) is 11.4 Å². The Morgan fingerprint density at radius 2 is 1.88 bits per heavy atom. The molecule has 2 aromatic heterocycles. The number of aromatic nitrogens is 4. The van der Waals surface area contributed by atoms with Gasteiger partial charge in [-0.15, -0.1) is 10.2 Å². The van der Waals surface area contributed by atoms with Gasteiger partial charge in [-0.3, -0.25) is 14.3 Å². The van der Waals surface area contributed by atoms with E-state index in [1.807, 2.05) is 41.8 Å². The SMILES string of the molecule is C[C@H](Sc1nnc(-c2cccnc2)n1Cc1ccccc1)C(=O)Nc1ccc2c(c1)OCCO2. The number of fused-ring (bicyclic) bond motifs is 1. The largest absolute Gasteiger partial charge is 0.486 e. The highest BCUT2D eigenvalue weighted by Crippen LogP contribution is 2.33.